The summed E-state index contributed by atoms with van der Waals surface area (Å²) in [6.45, 7) is 2.19. The Labute approximate surface area is 118 Å². The van der Waals surface area contributed by atoms with Crippen LogP contribution in [0.25, 0.3) is 11.1 Å². The van der Waals surface area contributed by atoms with Gasteiger partial charge in [0.05, 0.1) is 6.04 Å². The Morgan fingerprint density at radius 3 is 2.55 bits per heavy atom. The van der Waals surface area contributed by atoms with Gasteiger partial charge < -0.3 is 4.57 Å². The molecule has 100 valence electrons. The quantitative estimate of drug-likeness (QED) is 0.701. The Morgan fingerprint density at radius 1 is 1.00 bits per heavy atom. The van der Waals surface area contributed by atoms with Gasteiger partial charge in [0, 0.05) is 12.4 Å². The maximum absolute atomic E-state index is 11.4. The average molecular weight is 263 g/mol. The first-order valence-corrected chi connectivity index (χ1v) is 6.94. The van der Waals surface area contributed by atoms with Crippen LogP contribution in [0, 0.1) is 0 Å². The Morgan fingerprint density at radius 2 is 1.80 bits per heavy atom. The normalized spacial score (nSPS) is 12.4. The third-order valence-electron chi connectivity index (χ3n) is 3.70. The summed E-state index contributed by atoms with van der Waals surface area (Å²) in [5.41, 5.74) is 3.46. The van der Waals surface area contributed by atoms with Crippen LogP contribution >= 0.6 is 0 Å². The molecule has 2 nitrogen and oxygen atoms in total. The van der Waals surface area contributed by atoms with E-state index in [4.69, 9.17) is 0 Å². The van der Waals surface area contributed by atoms with Crippen molar-refractivity contribution >= 4 is 0 Å². The van der Waals surface area contributed by atoms with Crippen molar-refractivity contribution in [3.05, 3.63) is 82.8 Å². The van der Waals surface area contributed by atoms with E-state index in [1.807, 2.05) is 18.2 Å². The van der Waals surface area contributed by atoms with Gasteiger partial charge in [-0.25, -0.2) is 0 Å². The molecule has 0 radical (unpaired) electrons. The van der Waals surface area contributed by atoms with Gasteiger partial charge in [-0.05, 0) is 47.4 Å². The summed E-state index contributed by atoms with van der Waals surface area (Å²) in [6.07, 6.45) is 5.21. The van der Waals surface area contributed by atoms with Crippen LogP contribution in [-0.2, 0) is 0 Å². The van der Waals surface area contributed by atoms with Crippen molar-refractivity contribution in [2.24, 2.45) is 0 Å². The minimum Gasteiger partial charge on any atom is -0.346 e. The summed E-state index contributed by atoms with van der Waals surface area (Å²) in [7, 11) is 0. The van der Waals surface area contributed by atoms with E-state index < -0.39 is 0 Å². The van der Waals surface area contributed by atoms with Crippen molar-refractivity contribution < 1.29 is 0 Å². The monoisotopic (exact) mass is 263 g/mol. The van der Waals surface area contributed by atoms with Crippen molar-refractivity contribution in [2.45, 2.75) is 19.4 Å². The number of rotatable bonds is 3. The fourth-order valence-corrected chi connectivity index (χ4v) is 2.67. The lowest BCUT2D eigenvalue weighted by molar-refractivity contribution is 0.564. The van der Waals surface area contributed by atoms with Crippen molar-refractivity contribution in [2.75, 3.05) is 0 Å². The molecule has 0 saturated heterocycles. The van der Waals surface area contributed by atoms with Crippen molar-refractivity contribution in [3.8, 4) is 11.1 Å². The SMILES string of the molecule is CC[C@H](c1ccccc1)n1ccc2cc(=O)ccc-2c1. The van der Waals surface area contributed by atoms with Crippen molar-refractivity contribution in [3.63, 3.8) is 0 Å². The van der Waals surface area contributed by atoms with Gasteiger partial charge in [0.15, 0.2) is 5.43 Å². The minimum absolute atomic E-state index is 0.0605. The van der Waals surface area contributed by atoms with E-state index in [9.17, 15) is 4.79 Å². The van der Waals surface area contributed by atoms with E-state index in [1.165, 1.54) is 5.56 Å². The Bertz CT molecular complexity index is 730. The van der Waals surface area contributed by atoms with Crippen LogP contribution in [0.4, 0.5) is 0 Å². The minimum atomic E-state index is 0.0605. The van der Waals surface area contributed by atoms with Crippen molar-refractivity contribution in [1.29, 1.82) is 0 Å². The van der Waals surface area contributed by atoms with Crippen LogP contribution < -0.4 is 5.43 Å². The van der Waals surface area contributed by atoms with E-state index in [2.05, 4.69) is 48.1 Å². The highest BCUT2D eigenvalue weighted by Gasteiger charge is 2.11. The fraction of sp³-hybridized carbons (Fsp3) is 0.167. The number of benzene rings is 2. The van der Waals surface area contributed by atoms with E-state index >= 15 is 0 Å². The molecule has 20 heavy (non-hydrogen) atoms. The molecule has 2 heteroatoms. The molecular formula is C18H17NO. The van der Waals surface area contributed by atoms with Gasteiger partial charge in [0.2, 0.25) is 0 Å². The van der Waals surface area contributed by atoms with Gasteiger partial charge in [-0.1, -0.05) is 37.3 Å². The zero-order valence-electron chi connectivity index (χ0n) is 11.5. The second kappa shape index (κ2) is 5.33. The number of pyridine rings is 1. The van der Waals surface area contributed by atoms with Gasteiger partial charge in [-0.2, -0.15) is 0 Å². The summed E-state index contributed by atoms with van der Waals surface area (Å²) in [6, 6.07) is 18.0. The number of hydrogen-bond acceptors (Lipinski definition) is 1. The molecule has 0 fully saturated rings. The lowest BCUT2D eigenvalue weighted by atomic mass is 10.0. The molecule has 0 amide bonds. The number of aromatic nitrogens is 1. The van der Waals surface area contributed by atoms with Gasteiger partial charge in [0.1, 0.15) is 0 Å². The average Bonchev–Trinajstić information content (AvgIpc) is 2.49. The maximum Gasteiger partial charge on any atom is 0.179 e. The van der Waals surface area contributed by atoms with Gasteiger partial charge >= 0.3 is 0 Å². The van der Waals surface area contributed by atoms with Crippen LogP contribution in [0.3, 0.4) is 0 Å². The predicted molar refractivity (Wildman–Crippen MR) is 82.2 cm³/mol. The molecule has 0 unspecified atom stereocenters. The zero-order valence-corrected chi connectivity index (χ0v) is 11.5. The molecule has 1 aromatic carbocycles. The highest BCUT2D eigenvalue weighted by atomic mass is 16.1. The molecule has 1 heterocycles. The first kappa shape index (κ1) is 12.7. The van der Waals surface area contributed by atoms with Crippen LogP contribution in [0.15, 0.2) is 71.8 Å². The smallest absolute Gasteiger partial charge is 0.179 e. The molecule has 1 aliphatic heterocycles. The summed E-state index contributed by atoms with van der Waals surface area (Å²) in [5.74, 6) is 0. The topological polar surface area (TPSA) is 22.0 Å². The standard InChI is InChI=1S/C18H17NO/c1-2-18(14-6-4-3-5-7-14)19-11-10-15-12-17(20)9-8-16(15)13-19/h3-13,18H,2H2,1H3/t18-/m1/s1. The predicted octanol–water partition coefficient (Wildman–Crippen LogP) is 3.95. The molecule has 1 atom stereocenters. The lowest BCUT2D eigenvalue weighted by Gasteiger charge is -2.21. The summed E-state index contributed by atoms with van der Waals surface area (Å²) in [5, 5.41) is 0. The summed E-state index contributed by atoms with van der Waals surface area (Å²) >= 11 is 0. The molecule has 2 aliphatic rings. The zero-order chi connectivity index (χ0) is 13.9. The van der Waals surface area contributed by atoms with E-state index in [0.29, 0.717) is 6.04 Å². The summed E-state index contributed by atoms with van der Waals surface area (Å²) < 4.78 is 2.22. The van der Waals surface area contributed by atoms with Crippen LogP contribution in [-0.4, -0.2) is 4.57 Å². The molecule has 0 bridgehead atoms. The van der Waals surface area contributed by atoms with E-state index in [1.54, 1.807) is 12.1 Å². The number of fused-ring (bicyclic) bond motifs is 1. The number of hydrogen-bond donors (Lipinski definition) is 0. The maximum atomic E-state index is 11.4. The first-order valence-electron chi connectivity index (χ1n) is 6.94. The molecule has 0 saturated carbocycles. The first-order chi connectivity index (χ1) is 9.78. The van der Waals surface area contributed by atoms with E-state index in [0.717, 1.165) is 17.5 Å². The van der Waals surface area contributed by atoms with Gasteiger partial charge in [-0.15, -0.1) is 0 Å². The third-order valence-corrected chi connectivity index (χ3v) is 3.70. The Balaban J connectivity index is 2.07. The fourth-order valence-electron chi connectivity index (χ4n) is 2.67. The molecule has 0 N–H and O–H groups in total. The van der Waals surface area contributed by atoms with Gasteiger partial charge in [0.25, 0.3) is 0 Å². The molecular weight excluding hydrogens is 246 g/mol. The number of nitrogens with zero attached hydrogens (tertiary/aromatic N) is 1. The molecule has 1 aromatic rings. The van der Waals surface area contributed by atoms with Crippen LogP contribution in [0.2, 0.25) is 0 Å². The molecule has 1 aliphatic carbocycles. The second-order valence-corrected chi connectivity index (χ2v) is 5.02. The second-order valence-electron chi connectivity index (χ2n) is 5.02. The Kier molecular flexibility index (Phi) is 3.38. The van der Waals surface area contributed by atoms with Crippen LogP contribution in [0.1, 0.15) is 24.9 Å². The largest absolute Gasteiger partial charge is 0.346 e. The highest BCUT2D eigenvalue weighted by molar-refractivity contribution is 5.63. The van der Waals surface area contributed by atoms with Crippen molar-refractivity contribution in [1.82, 2.24) is 4.57 Å². The molecule has 0 spiro atoms. The Hall–Kier alpha value is -2.35. The lowest BCUT2D eigenvalue weighted by Crippen LogP contribution is -2.10. The highest BCUT2D eigenvalue weighted by Crippen LogP contribution is 2.25. The molecule has 0 aromatic heterocycles. The van der Waals surface area contributed by atoms with Gasteiger partial charge in [-0.3, -0.25) is 4.79 Å². The van der Waals surface area contributed by atoms with E-state index in [-0.39, 0.29) is 5.43 Å². The summed E-state index contributed by atoms with van der Waals surface area (Å²) in [4.78, 5) is 11.4. The molecule has 3 rings (SSSR count). The van der Waals surface area contributed by atoms with Crippen LogP contribution in [0.5, 0.6) is 0 Å². The third kappa shape index (κ3) is 2.37.